The summed E-state index contributed by atoms with van der Waals surface area (Å²) >= 11 is 0. The summed E-state index contributed by atoms with van der Waals surface area (Å²) in [5.74, 6) is 0.417. The standard InChI is InChI=1S/C15H22O3/c1-10(2)14(15(16)17-5)12-8-6-7-9-13(12)18-11(3)4/h6-11,14H,1-5H3. The van der Waals surface area contributed by atoms with E-state index in [4.69, 9.17) is 9.47 Å². The highest BCUT2D eigenvalue weighted by atomic mass is 16.5. The molecule has 0 amide bonds. The Morgan fingerprint density at radius 2 is 1.72 bits per heavy atom. The fourth-order valence-electron chi connectivity index (χ4n) is 1.98. The molecule has 100 valence electrons. The monoisotopic (exact) mass is 250 g/mol. The molecule has 1 rings (SSSR count). The van der Waals surface area contributed by atoms with Crippen molar-refractivity contribution in [3.05, 3.63) is 29.8 Å². The highest BCUT2D eigenvalue weighted by Crippen LogP contribution is 2.33. The number of carbonyl (C=O) groups excluding carboxylic acids is 1. The Labute approximate surface area is 109 Å². The van der Waals surface area contributed by atoms with E-state index >= 15 is 0 Å². The maximum Gasteiger partial charge on any atom is 0.313 e. The number of methoxy groups -OCH3 is 1. The molecule has 3 heteroatoms. The van der Waals surface area contributed by atoms with Crippen LogP contribution in [0.15, 0.2) is 24.3 Å². The van der Waals surface area contributed by atoms with E-state index in [9.17, 15) is 4.79 Å². The molecule has 1 atom stereocenters. The van der Waals surface area contributed by atoms with Gasteiger partial charge in [0, 0.05) is 5.56 Å². The molecule has 0 bridgehead atoms. The van der Waals surface area contributed by atoms with E-state index in [1.54, 1.807) is 0 Å². The Hall–Kier alpha value is -1.51. The first-order valence-corrected chi connectivity index (χ1v) is 6.30. The van der Waals surface area contributed by atoms with E-state index in [2.05, 4.69) is 0 Å². The van der Waals surface area contributed by atoms with Crippen molar-refractivity contribution in [1.29, 1.82) is 0 Å². The molecule has 0 fully saturated rings. The molecule has 3 nitrogen and oxygen atoms in total. The molecule has 0 spiro atoms. The molecule has 0 saturated carbocycles. The van der Waals surface area contributed by atoms with E-state index < -0.39 is 0 Å². The van der Waals surface area contributed by atoms with Gasteiger partial charge in [-0.15, -0.1) is 0 Å². The van der Waals surface area contributed by atoms with Crippen molar-refractivity contribution < 1.29 is 14.3 Å². The van der Waals surface area contributed by atoms with E-state index in [1.165, 1.54) is 7.11 Å². The predicted molar refractivity (Wildman–Crippen MR) is 71.8 cm³/mol. The summed E-state index contributed by atoms with van der Waals surface area (Å²) in [6, 6.07) is 7.66. The van der Waals surface area contributed by atoms with Crippen molar-refractivity contribution in [2.75, 3.05) is 7.11 Å². The minimum atomic E-state index is -0.287. The molecule has 0 radical (unpaired) electrons. The first-order valence-electron chi connectivity index (χ1n) is 6.30. The molecule has 0 heterocycles. The lowest BCUT2D eigenvalue weighted by atomic mass is 9.88. The summed E-state index contributed by atoms with van der Waals surface area (Å²) in [5, 5.41) is 0. The summed E-state index contributed by atoms with van der Waals surface area (Å²) < 4.78 is 10.7. The zero-order chi connectivity index (χ0) is 13.7. The van der Waals surface area contributed by atoms with Crippen LogP contribution < -0.4 is 4.74 Å². The SMILES string of the molecule is COC(=O)C(c1ccccc1OC(C)C)C(C)C. The maximum atomic E-state index is 11.9. The summed E-state index contributed by atoms with van der Waals surface area (Å²) in [5.41, 5.74) is 0.896. The van der Waals surface area contributed by atoms with Crippen molar-refractivity contribution in [3.8, 4) is 5.75 Å². The van der Waals surface area contributed by atoms with Gasteiger partial charge >= 0.3 is 5.97 Å². The zero-order valence-electron chi connectivity index (χ0n) is 11.8. The number of hydrogen-bond donors (Lipinski definition) is 0. The second-order valence-electron chi connectivity index (χ2n) is 4.95. The number of benzene rings is 1. The van der Waals surface area contributed by atoms with Gasteiger partial charge in [-0.05, 0) is 25.8 Å². The average Bonchev–Trinajstić information content (AvgIpc) is 2.30. The lowest BCUT2D eigenvalue weighted by Gasteiger charge is -2.22. The van der Waals surface area contributed by atoms with Crippen LogP contribution in [0.25, 0.3) is 0 Å². The Kier molecular flexibility index (Phi) is 5.20. The van der Waals surface area contributed by atoms with Gasteiger partial charge in [0.1, 0.15) is 5.75 Å². The highest BCUT2D eigenvalue weighted by molar-refractivity contribution is 5.79. The van der Waals surface area contributed by atoms with Gasteiger partial charge in [0.25, 0.3) is 0 Å². The van der Waals surface area contributed by atoms with Crippen LogP contribution in [0.2, 0.25) is 0 Å². The number of carbonyl (C=O) groups is 1. The van der Waals surface area contributed by atoms with Gasteiger partial charge in [0.05, 0.1) is 19.1 Å². The van der Waals surface area contributed by atoms with Gasteiger partial charge in [-0.2, -0.15) is 0 Å². The molecule has 0 saturated heterocycles. The lowest BCUT2D eigenvalue weighted by Crippen LogP contribution is -2.21. The molecule has 0 aromatic heterocycles. The molecule has 0 aliphatic carbocycles. The zero-order valence-corrected chi connectivity index (χ0v) is 11.8. The molecule has 0 N–H and O–H groups in total. The molecule has 1 unspecified atom stereocenters. The normalized spacial score (nSPS) is 12.6. The Balaban J connectivity index is 3.15. The van der Waals surface area contributed by atoms with Crippen molar-refractivity contribution in [2.45, 2.75) is 39.7 Å². The predicted octanol–water partition coefficient (Wildman–Crippen LogP) is 3.39. The van der Waals surface area contributed by atoms with Crippen LogP contribution >= 0.6 is 0 Å². The third kappa shape index (κ3) is 3.49. The molecule has 1 aromatic carbocycles. The third-order valence-electron chi connectivity index (χ3n) is 2.74. The van der Waals surface area contributed by atoms with Gasteiger partial charge in [-0.1, -0.05) is 32.0 Å². The summed E-state index contributed by atoms with van der Waals surface area (Å²) in [7, 11) is 1.42. The minimum absolute atomic E-state index is 0.0802. The van der Waals surface area contributed by atoms with Gasteiger partial charge in [-0.3, -0.25) is 4.79 Å². The molecular weight excluding hydrogens is 228 g/mol. The Morgan fingerprint density at radius 3 is 2.22 bits per heavy atom. The molecular formula is C15H22O3. The summed E-state index contributed by atoms with van der Waals surface area (Å²) in [4.78, 5) is 11.9. The lowest BCUT2D eigenvalue weighted by molar-refractivity contribution is -0.143. The molecule has 0 aliphatic rings. The maximum absolute atomic E-state index is 11.9. The van der Waals surface area contributed by atoms with Gasteiger partial charge < -0.3 is 9.47 Å². The fraction of sp³-hybridized carbons (Fsp3) is 0.533. The first-order chi connectivity index (χ1) is 8.47. The third-order valence-corrected chi connectivity index (χ3v) is 2.74. The number of hydrogen-bond acceptors (Lipinski definition) is 3. The van der Waals surface area contributed by atoms with Gasteiger partial charge in [0.2, 0.25) is 0 Å². The van der Waals surface area contributed by atoms with E-state index in [-0.39, 0.29) is 23.9 Å². The smallest absolute Gasteiger partial charge is 0.313 e. The topological polar surface area (TPSA) is 35.5 Å². The summed E-state index contributed by atoms with van der Waals surface area (Å²) in [6.45, 7) is 7.96. The molecule has 0 aliphatic heterocycles. The van der Waals surface area contributed by atoms with Crippen molar-refractivity contribution in [2.24, 2.45) is 5.92 Å². The van der Waals surface area contributed by atoms with E-state index in [0.29, 0.717) is 0 Å². The van der Waals surface area contributed by atoms with Crippen LogP contribution in [0.5, 0.6) is 5.75 Å². The van der Waals surface area contributed by atoms with Crippen molar-refractivity contribution >= 4 is 5.97 Å². The molecule has 18 heavy (non-hydrogen) atoms. The highest BCUT2D eigenvalue weighted by Gasteiger charge is 2.27. The molecule has 1 aromatic rings. The van der Waals surface area contributed by atoms with Crippen LogP contribution in [0.3, 0.4) is 0 Å². The number of para-hydroxylation sites is 1. The Morgan fingerprint density at radius 1 is 1.11 bits per heavy atom. The van der Waals surface area contributed by atoms with E-state index in [1.807, 2.05) is 52.0 Å². The van der Waals surface area contributed by atoms with Crippen LogP contribution in [-0.4, -0.2) is 19.2 Å². The van der Waals surface area contributed by atoms with Crippen LogP contribution in [-0.2, 0) is 9.53 Å². The first kappa shape index (κ1) is 14.6. The van der Waals surface area contributed by atoms with Gasteiger partial charge in [0.15, 0.2) is 0 Å². The largest absolute Gasteiger partial charge is 0.491 e. The number of rotatable bonds is 5. The quantitative estimate of drug-likeness (QED) is 0.751. The number of ether oxygens (including phenoxy) is 2. The number of esters is 1. The second-order valence-corrected chi connectivity index (χ2v) is 4.95. The Bertz CT molecular complexity index is 396. The minimum Gasteiger partial charge on any atom is -0.491 e. The summed E-state index contributed by atoms with van der Waals surface area (Å²) in [6.07, 6.45) is 0.0802. The van der Waals surface area contributed by atoms with E-state index in [0.717, 1.165) is 11.3 Å². The van der Waals surface area contributed by atoms with Crippen LogP contribution in [0.4, 0.5) is 0 Å². The van der Waals surface area contributed by atoms with Crippen LogP contribution in [0.1, 0.15) is 39.2 Å². The second kappa shape index (κ2) is 6.43. The average molecular weight is 250 g/mol. The fourth-order valence-corrected chi connectivity index (χ4v) is 1.98. The van der Waals surface area contributed by atoms with Crippen LogP contribution in [0, 0.1) is 5.92 Å². The van der Waals surface area contributed by atoms with Crippen molar-refractivity contribution in [3.63, 3.8) is 0 Å². The van der Waals surface area contributed by atoms with Crippen molar-refractivity contribution in [1.82, 2.24) is 0 Å². The van der Waals surface area contributed by atoms with Gasteiger partial charge in [-0.25, -0.2) is 0 Å².